The largest absolute Gasteiger partial charge is 0.299 e. The summed E-state index contributed by atoms with van der Waals surface area (Å²) in [6.45, 7) is 4.08. The molecular formula is C13H15N3O. The number of nitrogens with zero attached hydrogens (tertiary/aromatic N) is 3. The second-order valence-corrected chi connectivity index (χ2v) is 4.52. The molecule has 17 heavy (non-hydrogen) atoms. The molecule has 0 amide bonds. The first-order valence-electron chi connectivity index (χ1n) is 5.73. The van der Waals surface area contributed by atoms with E-state index in [9.17, 15) is 4.79 Å². The Morgan fingerprint density at radius 2 is 2.00 bits per heavy atom. The first-order chi connectivity index (χ1) is 8.15. The van der Waals surface area contributed by atoms with Crippen LogP contribution < -0.4 is 0 Å². The minimum atomic E-state index is 0.218. The Kier molecular flexibility index (Phi) is 3.42. The zero-order valence-electron chi connectivity index (χ0n) is 10.1. The lowest BCUT2D eigenvalue weighted by molar-refractivity contribution is -0.119. The summed E-state index contributed by atoms with van der Waals surface area (Å²) in [6.07, 6.45) is 4.22. The van der Waals surface area contributed by atoms with E-state index in [-0.39, 0.29) is 5.78 Å². The van der Waals surface area contributed by atoms with Crippen molar-refractivity contribution in [3.63, 3.8) is 0 Å². The highest BCUT2D eigenvalue weighted by atomic mass is 16.1. The van der Waals surface area contributed by atoms with E-state index < -0.39 is 0 Å². The van der Waals surface area contributed by atoms with Gasteiger partial charge in [-0.15, -0.1) is 0 Å². The van der Waals surface area contributed by atoms with Gasteiger partial charge in [-0.1, -0.05) is 13.8 Å². The number of hydrogen-bond donors (Lipinski definition) is 0. The van der Waals surface area contributed by atoms with Gasteiger partial charge in [-0.3, -0.25) is 9.78 Å². The number of carbonyl (C=O) groups excluding carboxylic acids is 1. The van der Waals surface area contributed by atoms with Gasteiger partial charge in [-0.05, 0) is 18.1 Å². The molecule has 0 spiro atoms. The van der Waals surface area contributed by atoms with Gasteiger partial charge in [0, 0.05) is 25.2 Å². The summed E-state index contributed by atoms with van der Waals surface area (Å²) in [4.78, 5) is 24.3. The van der Waals surface area contributed by atoms with Crippen molar-refractivity contribution in [2.75, 3.05) is 0 Å². The van der Waals surface area contributed by atoms with Crippen LogP contribution in [0.5, 0.6) is 0 Å². The van der Waals surface area contributed by atoms with E-state index in [1.54, 1.807) is 12.4 Å². The lowest BCUT2D eigenvalue weighted by Crippen LogP contribution is -2.07. The van der Waals surface area contributed by atoms with Crippen LogP contribution in [0.25, 0.3) is 11.2 Å². The molecule has 2 rings (SSSR count). The van der Waals surface area contributed by atoms with Crippen LogP contribution in [0.1, 0.15) is 26.0 Å². The van der Waals surface area contributed by atoms with Crippen LogP contribution in [0.4, 0.5) is 0 Å². The van der Waals surface area contributed by atoms with Gasteiger partial charge >= 0.3 is 0 Å². The molecule has 2 aromatic rings. The van der Waals surface area contributed by atoms with Crippen molar-refractivity contribution in [3.05, 3.63) is 30.2 Å². The predicted octanol–water partition coefficient (Wildman–Crippen LogP) is 2.18. The third-order valence-electron chi connectivity index (χ3n) is 2.40. The summed E-state index contributed by atoms with van der Waals surface area (Å²) in [5.41, 5.74) is 2.12. The maximum atomic E-state index is 11.7. The highest BCUT2D eigenvalue weighted by Crippen LogP contribution is 2.09. The van der Waals surface area contributed by atoms with Crippen LogP contribution in [0.2, 0.25) is 0 Å². The van der Waals surface area contributed by atoms with Crippen LogP contribution in [-0.2, 0) is 11.2 Å². The fourth-order valence-electron chi connectivity index (χ4n) is 1.72. The number of aromatic nitrogens is 3. The summed E-state index contributed by atoms with van der Waals surface area (Å²) in [5.74, 6) is 0.610. The highest BCUT2D eigenvalue weighted by Gasteiger charge is 2.08. The molecule has 88 valence electrons. The van der Waals surface area contributed by atoms with Crippen LogP contribution >= 0.6 is 0 Å². The SMILES string of the molecule is CC(C)CC(=O)Cc1ccc2nccnc2n1. The molecule has 0 N–H and O–H groups in total. The Bertz CT molecular complexity index is 537. The lowest BCUT2D eigenvalue weighted by Gasteiger charge is -2.04. The highest BCUT2D eigenvalue weighted by molar-refractivity contribution is 5.81. The summed E-state index contributed by atoms with van der Waals surface area (Å²) in [7, 11) is 0. The second kappa shape index (κ2) is 4.99. The Morgan fingerprint density at radius 1 is 1.24 bits per heavy atom. The fourth-order valence-corrected chi connectivity index (χ4v) is 1.72. The molecular weight excluding hydrogens is 214 g/mol. The van der Waals surface area contributed by atoms with E-state index in [1.165, 1.54) is 0 Å². The van der Waals surface area contributed by atoms with Crippen LogP contribution in [0.3, 0.4) is 0 Å². The monoisotopic (exact) mass is 229 g/mol. The number of pyridine rings is 1. The fraction of sp³-hybridized carbons (Fsp3) is 0.385. The average Bonchev–Trinajstić information content (AvgIpc) is 2.27. The van der Waals surface area contributed by atoms with E-state index in [0.29, 0.717) is 24.4 Å². The quantitative estimate of drug-likeness (QED) is 0.806. The number of rotatable bonds is 4. The van der Waals surface area contributed by atoms with Crippen LogP contribution in [0.15, 0.2) is 24.5 Å². The van der Waals surface area contributed by atoms with E-state index in [1.807, 2.05) is 26.0 Å². The summed E-state index contributed by atoms with van der Waals surface area (Å²) >= 11 is 0. The Morgan fingerprint density at radius 3 is 2.76 bits per heavy atom. The third kappa shape index (κ3) is 3.06. The number of hydrogen-bond acceptors (Lipinski definition) is 4. The van der Waals surface area contributed by atoms with Gasteiger partial charge < -0.3 is 0 Å². The van der Waals surface area contributed by atoms with Crippen molar-refractivity contribution in [1.82, 2.24) is 15.0 Å². The normalized spacial score (nSPS) is 11.0. The molecule has 0 unspecified atom stereocenters. The first-order valence-corrected chi connectivity index (χ1v) is 5.73. The molecule has 0 aliphatic rings. The van der Waals surface area contributed by atoms with Gasteiger partial charge in [0.05, 0.1) is 5.69 Å². The summed E-state index contributed by atoms with van der Waals surface area (Å²) < 4.78 is 0. The number of Topliss-reactive ketones (excluding diaryl/α,β-unsaturated/α-hetero) is 1. The molecule has 0 saturated heterocycles. The Hall–Kier alpha value is -1.84. The molecule has 0 aliphatic heterocycles. The molecule has 2 heterocycles. The van der Waals surface area contributed by atoms with Crippen molar-refractivity contribution in [3.8, 4) is 0 Å². The smallest absolute Gasteiger partial charge is 0.178 e. The van der Waals surface area contributed by atoms with E-state index >= 15 is 0 Å². The van der Waals surface area contributed by atoms with E-state index in [0.717, 1.165) is 11.2 Å². The van der Waals surface area contributed by atoms with Gasteiger partial charge in [-0.25, -0.2) is 9.97 Å². The Balaban J connectivity index is 2.17. The lowest BCUT2D eigenvalue weighted by atomic mass is 10.0. The van der Waals surface area contributed by atoms with Crippen LogP contribution in [0, 0.1) is 5.92 Å². The first kappa shape index (κ1) is 11.6. The topological polar surface area (TPSA) is 55.7 Å². The molecule has 0 aliphatic carbocycles. The Labute approximate surface area is 100 Å². The molecule has 0 bridgehead atoms. The van der Waals surface area contributed by atoms with Crippen molar-refractivity contribution in [2.24, 2.45) is 5.92 Å². The maximum Gasteiger partial charge on any atom is 0.178 e. The summed E-state index contributed by atoms with van der Waals surface area (Å²) in [6, 6.07) is 3.70. The van der Waals surface area contributed by atoms with Crippen molar-refractivity contribution in [1.29, 1.82) is 0 Å². The van der Waals surface area contributed by atoms with Crippen molar-refractivity contribution < 1.29 is 4.79 Å². The minimum Gasteiger partial charge on any atom is -0.299 e. The molecule has 4 nitrogen and oxygen atoms in total. The zero-order valence-corrected chi connectivity index (χ0v) is 10.1. The molecule has 0 fully saturated rings. The third-order valence-corrected chi connectivity index (χ3v) is 2.40. The molecule has 4 heteroatoms. The number of fused-ring (bicyclic) bond motifs is 1. The van der Waals surface area contributed by atoms with Crippen molar-refractivity contribution in [2.45, 2.75) is 26.7 Å². The predicted molar refractivity (Wildman–Crippen MR) is 65.5 cm³/mol. The van der Waals surface area contributed by atoms with Gasteiger partial charge in [0.15, 0.2) is 5.65 Å². The standard InChI is InChI=1S/C13H15N3O/c1-9(2)7-11(17)8-10-3-4-12-13(16-10)15-6-5-14-12/h3-6,9H,7-8H2,1-2H3. The van der Waals surface area contributed by atoms with E-state index in [4.69, 9.17) is 0 Å². The van der Waals surface area contributed by atoms with E-state index in [2.05, 4.69) is 15.0 Å². The molecule has 0 saturated carbocycles. The zero-order chi connectivity index (χ0) is 12.3. The van der Waals surface area contributed by atoms with Gasteiger partial charge in [0.1, 0.15) is 11.3 Å². The minimum absolute atomic E-state index is 0.218. The van der Waals surface area contributed by atoms with Gasteiger partial charge in [-0.2, -0.15) is 0 Å². The van der Waals surface area contributed by atoms with Crippen LogP contribution in [-0.4, -0.2) is 20.7 Å². The molecule has 0 radical (unpaired) electrons. The summed E-state index contributed by atoms with van der Waals surface area (Å²) in [5, 5.41) is 0. The van der Waals surface area contributed by atoms with Gasteiger partial charge in [0.25, 0.3) is 0 Å². The molecule has 0 atom stereocenters. The number of ketones is 1. The maximum absolute atomic E-state index is 11.7. The second-order valence-electron chi connectivity index (χ2n) is 4.52. The average molecular weight is 229 g/mol. The van der Waals surface area contributed by atoms with Gasteiger partial charge in [0.2, 0.25) is 0 Å². The molecule has 2 aromatic heterocycles. The molecule has 0 aromatic carbocycles. The van der Waals surface area contributed by atoms with Crippen molar-refractivity contribution >= 4 is 16.9 Å². The number of carbonyl (C=O) groups is 1.